The number of ether oxygens (including phenoxy) is 1. The van der Waals surface area contributed by atoms with Crippen molar-refractivity contribution in [1.29, 1.82) is 0 Å². The Hall–Kier alpha value is -0.0800. The summed E-state index contributed by atoms with van der Waals surface area (Å²) in [6.07, 6.45) is 2.10. The van der Waals surface area contributed by atoms with Gasteiger partial charge in [0, 0.05) is 12.5 Å². The number of epoxide rings is 1. The van der Waals surface area contributed by atoms with Crippen molar-refractivity contribution in [2.75, 3.05) is 6.61 Å². The Morgan fingerprint density at radius 2 is 2.44 bits per heavy atom. The van der Waals surface area contributed by atoms with Crippen LogP contribution in [0.2, 0.25) is 0 Å². The molecule has 1 aliphatic carbocycles. The van der Waals surface area contributed by atoms with E-state index >= 15 is 0 Å². The number of aliphatic hydroxyl groups is 1. The van der Waals surface area contributed by atoms with E-state index in [1.54, 1.807) is 0 Å². The van der Waals surface area contributed by atoms with E-state index in [1.807, 2.05) is 0 Å². The van der Waals surface area contributed by atoms with Crippen LogP contribution in [0.25, 0.3) is 0 Å². The van der Waals surface area contributed by atoms with E-state index in [2.05, 4.69) is 6.92 Å². The van der Waals surface area contributed by atoms with E-state index in [4.69, 9.17) is 9.84 Å². The summed E-state index contributed by atoms with van der Waals surface area (Å²) in [6, 6.07) is 0. The van der Waals surface area contributed by atoms with Crippen LogP contribution in [0.4, 0.5) is 0 Å². The van der Waals surface area contributed by atoms with Crippen LogP contribution in [0.1, 0.15) is 13.3 Å². The monoisotopic (exact) mass is 128 g/mol. The van der Waals surface area contributed by atoms with Crippen molar-refractivity contribution in [2.24, 2.45) is 11.8 Å². The second-order valence-electron chi connectivity index (χ2n) is 3.20. The molecule has 0 radical (unpaired) electrons. The molecule has 0 spiro atoms. The molecule has 4 atom stereocenters. The van der Waals surface area contributed by atoms with Crippen LogP contribution in [0.5, 0.6) is 0 Å². The Kier molecular flexibility index (Phi) is 1.08. The fourth-order valence-electron chi connectivity index (χ4n) is 1.87. The van der Waals surface area contributed by atoms with Gasteiger partial charge in [-0.05, 0) is 12.3 Å². The van der Waals surface area contributed by atoms with Crippen molar-refractivity contribution in [1.82, 2.24) is 0 Å². The van der Waals surface area contributed by atoms with E-state index in [9.17, 15) is 0 Å². The van der Waals surface area contributed by atoms with E-state index in [1.165, 1.54) is 0 Å². The maximum Gasteiger partial charge on any atom is 0.0894 e. The van der Waals surface area contributed by atoms with Gasteiger partial charge in [0.1, 0.15) is 0 Å². The van der Waals surface area contributed by atoms with Gasteiger partial charge in [0.2, 0.25) is 0 Å². The van der Waals surface area contributed by atoms with Gasteiger partial charge in [0.25, 0.3) is 0 Å². The van der Waals surface area contributed by atoms with Gasteiger partial charge >= 0.3 is 0 Å². The molecule has 1 saturated heterocycles. The Labute approximate surface area is 54.8 Å². The fraction of sp³-hybridized carbons (Fsp3) is 1.00. The summed E-state index contributed by atoms with van der Waals surface area (Å²) in [6.45, 7) is 2.50. The zero-order valence-electron chi connectivity index (χ0n) is 5.58. The second-order valence-corrected chi connectivity index (χ2v) is 3.20. The summed E-state index contributed by atoms with van der Waals surface area (Å²) in [4.78, 5) is 0. The van der Waals surface area contributed by atoms with Crippen LogP contribution in [0.3, 0.4) is 0 Å². The third-order valence-corrected chi connectivity index (χ3v) is 2.59. The predicted molar refractivity (Wildman–Crippen MR) is 33.0 cm³/mol. The minimum Gasteiger partial charge on any atom is -0.396 e. The zero-order valence-corrected chi connectivity index (χ0v) is 5.58. The number of rotatable bonds is 1. The lowest BCUT2D eigenvalue weighted by molar-refractivity contribution is 0.136. The van der Waals surface area contributed by atoms with Crippen molar-refractivity contribution in [3.8, 4) is 0 Å². The SMILES string of the molecule is CC1CC2OC2C1CO. The van der Waals surface area contributed by atoms with Crippen LogP contribution < -0.4 is 0 Å². The number of aliphatic hydroxyl groups excluding tert-OH is 1. The molecular formula is C7H12O2. The molecule has 0 aromatic heterocycles. The maximum atomic E-state index is 8.85. The lowest BCUT2D eigenvalue weighted by Crippen LogP contribution is -2.16. The largest absolute Gasteiger partial charge is 0.396 e. The smallest absolute Gasteiger partial charge is 0.0894 e. The van der Waals surface area contributed by atoms with Crippen molar-refractivity contribution in [3.63, 3.8) is 0 Å². The van der Waals surface area contributed by atoms with Crippen molar-refractivity contribution in [3.05, 3.63) is 0 Å². The Morgan fingerprint density at radius 3 is 2.78 bits per heavy atom. The normalized spacial score (nSPS) is 55.3. The van der Waals surface area contributed by atoms with Gasteiger partial charge in [-0.15, -0.1) is 0 Å². The van der Waals surface area contributed by atoms with Crippen LogP contribution in [0, 0.1) is 11.8 Å². The van der Waals surface area contributed by atoms with Crippen molar-refractivity contribution in [2.45, 2.75) is 25.6 Å². The van der Waals surface area contributed by atoms with E-state index in [0.717, 1.165) is 6.42 Å². The van der Waals surface area contributed by atoms with Crippen LogP contribution in [-0.4, -0.2) is 23.9 Å². The molecule has 0 aromatic carbocycles. The summed E-state index contributed by atoms with van der Waals surface area (Å²) in [5, 5.41) is 8.85. The molecule has 0 amide bonds. The molecular weight excluding hydrogens is 116 g/mol. The molecule has 0 bridgehead atoms. The minimum absolute atomic E-state index is 0.308. The van der Waals surface area contributed by atoms with E-state index < -0.39 is 0 Å². The molecule has 2 aliphatic rings. The average Bonchev–Trinajstić information content (AvgIpc) is 2.45. The van der Waals surface area contributed by atoms with Gasteiger partial charge < -0.3 is 9.84 Å². The molecule has 2 heteroatoms. The third-order valence-electron chi connectivity index (χ3n) is 2.59. The van der Waals surface area contributed by atoms with Gasteiger partial charge in [0.05, 0.1) is 12.2 Å². The number of fused-ring (bicyclic) bond motifs is 1. The highest BCUT2D eigenvalue weighted by Crippen LogP contribution is 2.46. The summed E-state index contributed by atoms with van der Waals surface area (Å²) in [7, 11) is 0. The Morgan fingerprint density at radius 1 is 1.67 bits per heavy atom. The standard InChI is InChI=1S/C7H12O2/c1-4-2-6-7(9-6)5(4)3-8/h4-8H,2-3H2,1H3. The first-order valence-electron chi connectivity index (χ1n) is 3.59. The highest BCUT2D eigenvalue weighted by Gasteiger charge is 2.53. The van der Waals surface area contributed by atoms with Gasteiger partial charge in [-0.2, -0.15) is 0 Å². The van der Waals surface area contributed by atoms with Gasteiger partial charge in [-0.25, -0.2) is 0 Å². The van der Waals surface area contributed by atoms with Crippen molar-refractivity contribution >= 4 is 0 Å². The second kappa shape index (κ2) is 1.70. The third kappa shape index (κ3) is 0.700. The number of hydrogen-bond acceptors (Lipinski definition) is 2. The molecule has 2 fully saturated rings. The lowest BCUT2D eigenvalue weighted by Gasteiger charge is -2.13. The first kappa shape index (κ1) is 5.69. The first-order valence-corrected chi connectivity index (χ1v) is 3.59. The van der Waals surface area contributed by atoms with E-state index in [-0.39, 0.29) is 0 Å². The quantitative estimate of drug-likeness (QED) is 0.518. The summed E-state index contributed by atoms with van der Waals surface area (Å²) < 4.78 is 5.27. The summed E-state index contributed by atoms with van der Waals surface area (Å²) in [5.74, 6) is 1.12. The van der Waals surface area contributed by atoms with Gasteiger partial charge in [-0.1, -0.05) is 6.92 Å². The number of hydrogen-bond donors (Lipinski definition) is 1. The van der Waals surface area contributed by atoms with Gasteiger partial charge in [-0.3, -0.25) is 0 Å². The first-order chi connectivity index (χ1) is 4.33. The molecule has 2 nitrogen and oxygen atoms in total. The zero-order chi connectivity index (χ0) is 6.43. The average molecular weight is 128 g/mol. The molecule has 2 rings (SSSR count). The molecule has 52 valence electrons. The minimum atomic E-state index is 0.308. The van der Waals surface area contributed by atoms with E-state index in [0.29, 0.717) is 30.7 Å². The summed E-state index contributed by atoms with van der Waals surface area (Å²) in [5.41, 5.74) is 0. The van der Waals surface area contributed by atoms with Crippen LogP contribution in [-0.2, 0) is 4.74 Å². The molecule has 4 unspecified atom stereocenters. The molecule has 9 heavy (non-hydrogen) atoms. The lowest BCUT2D eigenvalue weighted by atomic mass is 9.98. The maximum absolute atomic E-state index is 8.85. The fourth-order valence-corrected chi connectivity index (χ4v) is 1.87. The van der Waals surface area contributed by atoms with Crippen LogP contribution >= 0.6 is 0 Å². The van der Waals surface area contributed by atoms with Gasteiger partial charge in [0.15, 0.2) is 0 Å². The molecule has 1 N–H and O–H groups in total. The molecule has 1 heterocycles. The predicted octanol–water partition coefficient (Wildman–Crippen LogP) is 0.402. The van der Waals surface area contributed by atoms with Crippen LogP contribution in [0.15, 0.2) is 0 Å². The molecule has 0 aromatic rings. The summed E-state index contributed by atoms with van der Waals surface area (Å²) >= 11 is 0. The molecule has 1 saturated carbocycles. The van der Waals surface area contributed by atoms with Crippen molar-refractivity contribution < 1.29 is 9.84 Å². The molecule has 1 aliphatic heterocycles. The topological polar surface area (TPSA) is 32.8 Å². The highest BCUT2D eigenvalue weighted by atomic mass is 16.6. The Balaban J connectivity index is 2.02. The highest BCUT2D eigenvalue weighted by molar-refractivity contribution is 5.00. The Bertz CT molecular complexity index is 122.